The molecule has 1 spiro atoms. The fourth-order valence-corrected chi connectivity index (χ4v) is 5.30. The second kappa shape index (κ2) is 8.79. The number of pyridine rings is 1. The van der Waals surface area contributed by atoms with Crippen LogP contribution in [0.15, 0.2) is 48.5 Å². The number of nitrogens with one attached hydrogen (secondary N) is 1. The van der Waals surface area contributed by atoms with Crippen LogP contribution < -0.4 is 11.1 Å². The second-order valence-corrected chi connectivity index (χ2v) is 9.94. The summed E-state index contributed by atoms with van der Waals surface area (Å²) < 4.78 is 6.00. The van der Waals surface area contributed by atoms with Gasteiger partial charge in [-0.1, -0.05) is 37.3 Å². The molecule has 1 saturated heterocycles. The topological polar surface area (TPSA) is 77.2 Å². The Morgan fingerprint density at radius 2 is 2.06 bits per heavy atom. The molecule has 5 heteroatoms. The second-order valence-electron chi connectivity index (χ2n) is 9.94. The molecular weight excluding hydrogens is 410 g/mol. The van der Waals surface area contributed by atoms with Crippen LogP contribution in [0.4, 0.5) is 5.82 Å². The number of nitrogen functional groups attached to an aromatic ring is 1. The maximum atomic E-state index is 13.0. The predicted molar refractivity (Wildman–Crippen MR) is 133 cm³/mol. The van der Waals surface area contributed by atoms with Gasteiger partial charge in [-0.3, -0.25) is 4.79 Å². The van der Waals surface area contributed by atoms with Gasteiger partial charge in [0.1, 0.15) is 5.82 Å². The zero-order valence-electron chi connectivity index (χ0n) is 19.6. The molecule has 2 heterocycles. The lowest BCUT2D eigenvalue weighted by atomic mass is 9.74. The molecule has 33 heavy (non-hydrogen) atoms. The number of amides is 1. The highest BCUT2D eigenvalue weighted by atomic mass is 16.5. The van der Waals surface area contributed by atoms with E-state index in [4.69, 9.17) is 10.5 Å². The third-order valence-corrected chi connectivity index (χ3v) is 7.46. The van der Waals surface area contributed by atoms with E-state index in [1.165, 1.54) is 17.5 Å². The number of nitrogens with two attached hydrogens (primary N) is 1. The highest BCUT2D eigenvalue weighted by Crippen LogP contribution is 2.42. The number of hydrogen-bond donors (Lipinski definition) is 2. The molecule has 1 aliphatic carbocycles. The van der Waals surface area contributed by atoms with Crippen molar-refractivity contribution in [3.63, 3.8) is 0 Å². The summed E-state index contributed by atoms with van der Waals surface area (Å²) >= 11 is 0. The monoisotopic (exact) mass is 443 g/mol. The van der Waals surface area contributed by atoms with Gasteiger partial charge in [0.05, 0.1) is 11.1 Å². The van der Waals surface area contributed by atoms with Gasteiger partial charge < -0.3 is 15.8 Å². The minimum Gasteiger partial charge on any atom is -0.383 e. The SMILES string of the molecule is Cc1ccccc1-c1ccc2nc(N)c(CC(C)C(=O)NC3CCOC4(CCC4)C3)cc2c1. The molecule has 172 valence electrons. The van der Waals surface area contributed by atoms with Gasteiger partial charge in [0.2, 0.25) is 5.91 Å². The number of nitrogens with zero attached hydrogens (tertiary/aromatic N) is 1. The first kappa shape index (κ1) is 21.9. The number of rotatable bonds is 5. The van der Waals surface area contributed by atoms with Crippen molar-refractivity contribution in [2.45, 2.75) is 64.0 Å². The first-order valence-corrected chi connectivity index (χ1v) is 12.1. The van der Waals surface area contributed by atoms with Gasteiger partial charge in [-0.05, 0) is 85.9 Å². The Morgan fingerprint density at radius 3 is 2.82 bits per heavy atom. The number of fused-ring (bicyclic) bond motifs is 1. The van der Waals surface area contributed by atoms with E-state index < -0.39 is 0 Å². The Labute approximate surface area is 195 Å². The Hall–Kier alpha value is -2.92. The minimum absolute atomic E-state index is 0.0287. The van der Waals surface area contributed by atoms with Crippen molar-refractivity contribution >= 4 is 22.6 Å². The van der Waals surface area contributed by atoms with E-state index in [0.717, 1.165) is 54.3 Å². The summed E-state index contributed by atoms with van der Waals surface area (Å²) in [5.41, 5.74) is 11.7. The van der Waals surface area contributed by atoms with Crippen molar-refractivity contribution < 1.29 is 9.53 Å². The lowest BCUT2D eigenvalue weighted by molar-refractivity contribution is -0.142. The number of ether oxygens (including phenoxy) is 1. The molecule has 0 radical (unpaired) electrons. The van der Waals surface area contributed by atoms with E-state index in [0.29, 0.717) is 12.2 Å². The van der Waals surface area contributed by atoms with Crippen LogP contribution in [0.1, 0.15) is 50.2 Å². The molecule has 1 aliphatic heterocycles. The van der Waals surface area contributed by atoms with E-state index in [2.05, 4.69) is 59.7 Å². The molecule has 1 saturated carbocycles. The van der Waals surface area contributed by atoms with Crippen LogP contribution in [-0.2, 0) is 16.0 Å². The molecule has 5 rings (SSSR count). The lowest BCUT2D eigenvalue weighted by Gasteiger charge is -2.47. The van der Waals surface area contributed by atoms with Gasteiger partial charge >= 0.3 is 0 Å². The Kier molecular flexibility index (Phi) is 5.83. The zero-order valence-corrected chi connectivity index (χ0v) is 19.6. The molecule has 2 atom stereocenters. The Bertz CT molecular complexity index is 1180. The van der Waals surface area contributed by atoms with Crippen LogP contribution in [0.5, 0.6) is 0 Å². The van der Waals surface area contributed by atoms with E-state index in [1.54, 1.807) is 0 Å². The van der Waals surface area contributed by atoms with Gasteiger partial charge in [0.25, 0.3) is 0 Å². The van der Waals surface area contributed by atoms with Crippen molar-refractivity contribution in [1.82, 2.24) is 10.3 Å². The molecule has 1 amide bonds. The fourth-order valence-electron chi connectivity index (χ4n) is 5.30. The first-order valence-electron chi connectivity index (χ1n) is 12.1. The minimum atomic E-state index is -0.175. The van der Waals surface area contributed by atoms with Crippen LogP contribution in [0, 0.1) is 12.8 Å². The maximum absolute atomic E-state index is 13.0. The standard InChI is InChI=1S/C28H33N3O2/c1-18-6-3-4-7-24(18)20-8-9-25-21(15-20)16-22(26(29)31-25)14-19(2)27(32)30-23-10-13-33-28(17-23)11-5-12-28/h3-4,6-9,15-16,19,23H,5,10-14,17H2,1-2H3,(H2,29,31)(H,30,32). The molecule has 1 aromatic heterocycles. The Balaban J connectivity index is 1.31. The molecular formula is C28H33N3O2. The van der Waals surface area contributed by atoms with Gasteiger partial charge in [-0.2, -0.15) is 0 Å². The number of benzene rings is 2. The molecule has 2 fully saturated rings. The molecule has 2 unspecified atom stereocenters. The fraction of sp³-hybridized carbons (Fsp3) is 0.429. The van der Waals surface area contributed by atoms with E-state index >= 15 is 0 Å². The average Bonchev–Trinajstić information content (AvgIpc) is 2.79. The summed E-state index contributed by atoms with van der Waals surface area (Å²) in [5, 5.41) is 4.32. The normalized spacial score (nSPS) is 20.4. The summed E-state index contributed by atoms with van der Waals surface area (Å²) in [7, 11) is 0. The summed E-state index contributed by atoms with van der Waals surface area (Å²) in [5.74, 6) is 0.418. The third kappa shape index (κ3) is 4.47. The molecule has 2 aromatic carbocycles. The van der Waals surface area contributed by atoms with Crippen molar-refractivity contribution in [1.29, 1.82) is 0 Å². The van der Waals surface area contributed by atoms with Gasteiger partial charge in [-0.15, -0.1) is 0 Å². The summed E-state index contributed by atoms with van der Waals surface area (Å²) in [4.78, 5) is 17.6. The molecule has 5 nitrogen and oxygen atoms in total. The Morgan fingerprint density at radius 1 is 1.24 bits per heavy atom. The molecule has 3 N–H and O–H groups in total. The summed E-state index contributed by atoms with van der Waals surface area (Å²) in [6.07, 6.45) is 5.88. The van der Waals surface area contributed by atoms with Crippen LogP contribution in [0.25, 0.3) is 22.0 Å². The maximum Gasteiger partial charge on any atom is 0.223 e. The van der Waals surface area contributed by atoms with E-state index in [1.807, 2.05) is 13.0 Å². The van der Waals surface area contributed by atoms with Crippen molar-refractivity contribution in [3.05, 3.63) is 59.7 Å². The van der Waals surface area contributed by atoms with Crippen molar-refractivity contribution in [3.8, 4) is 11.1 Å². The summed E-state index contributed by atoms with van der Waals surface area (Å²) in [6, 6.07) is 17.0. The van der Waals surface area contributed by atoms with Crippen LogP contribution in [-0.4, -0.2) is 29.1 Å². The molecule has 3 aromatic rings. The van der Waals surface area contributed by atoms with Crippen molar-refractivity contribution in [2.75, 3.05) is 12.3 Å². The van der Waals surface area contributed by atoms with Crippen LogP contribution >= 0.6 is 0 Å². The molecule has 2 aliphatic rings. The van der Waals surface area contributed by atoms with Crippen LogP contribution in [0.3, 0.4) is 0 Å². The lowest BCUT2D eigenvalue weighted by Crippen LogP contribution is -2.52. The van der Waals surface area contributed by atoms with Gasteiger partial charge in [0, 0.05) is 24.0 Å². The quantitative estimate of drug-likeness (QED) is 0.569. The number of anilines is 1. The predicted octanol–water partition coefficient (Wildman–Crippen LogP) is 5.19. The number of hydrogen-bond acceptors (Lipinski definition) is 4. The first-order chi connectivity index (χ1) is 15.9. The number of aryl methyl sites for hydroxylation is 1. The van der Waals surface area contributed by atoms with Gasteiger partial charge in [0.15, 0.2) is 0 Å². The largest absolute Gasteiger partial charge is 0.383 e. The third-order valence-electron chi connectivity index (χ3n) is 7.46. The summed E-state index contributed by atoms with van der Waals surface area (Å²) in [6.45, 7) is 4.84. The highest BCUT2D eigenvalue weighted by Gasteiger charge is 2.43. The number of carbonyl (C=O) groups excluding carboxylic acids is 1. The number of aromatic nitrogens is 1. The average molecular weight is 444 g/mol. The van der Waals surface area contributed by atoms with Gasteiger partial charge in [-0.25, -0.2) is 4.98 Å². The van der Waals surface area contributed by atoms with E-state index in [9.17, 15) is 4.79 Å². The van der Waals surface area contributed by atoms with E-state index in [-0.39, 0.29) is 23.5 Å². The zero-order chi connectivity index (χ0) is 23.0. The number of carbonyl (C=O) groups is 1. The van der Waals surface area contributed by atoms with Crippen molar-refractivity contribution in [2.24, 2.45) is 5.92 Å². The highest BCUT2D eigenvalue weighted by molar-refractivity contribution is 5.87. The van der Waals surface area contributed by atoms with Crippen LogP contribution in [0.2, 0.25) is 0 Å². The smallest absolute Gasteiger partial charge is 0.223 e. The molecule has 0 bridgehead atoms.